The van der Waals surface area contributed by atoms with Crippen LogP contribution in [0.5, 0.6) is 0 Å². The Morgan fingerprint density at radius 2 is 0.870 bits per heavy atom. The van der Waals surface area contributed by atoms with Crippen LogP contribution < -0.4 is 0 Å². The number of hydrogen-bond acceptors (Lipinski definition) is 1. The van der Waals surface area contributed by atoms with E-state index in [1.165, 1.54) is 121 Å². The topological polar surface area (TPSA) is 0 Å². The van der Waals surface area contributed by atoms with Gasteiger partial charge in [-0.1, -0.05) is 117 Å². The van der Waals surface area contributed by atoms with Crippen molar-refractivity contribution in [2.75, 3.05) is 5.75 Å². The summed E-state index contributed by atoms with van der Waals surface area (Å²) in [6.45, 7) is 4.58. The molecule has 0 bridgehead atoms. The molecule has 0 N–H and O–H groups in total. The number of unbranched alkanes of at least 4 members (excludes halogenated alkanes) is 16. The predicted molar refractivity (Wildman–Crippen MR) is 111 cm³/mol. The fourth-order valence-corrected chi connectivity index (χ4v) is 3.90. The highest BCUT2D eigenvalue weighted by molar-refractivity contribution is 8.01. The van der Waals surface area contributed by atoms with Crippen LogP contribution in [-0.2, 0) is 0 Å². The smallest absolute Gasteiger partial charge is 0.0166 e. The van der Waals surface area contributed by atoms with Gasteiger partial charge < -0.3 is 0 Å². The Balaban J connectivity index is 2.92. The molecule has 0 saturated heterocycles. The van der Waals surface area contributed by atoms with Crippen LogP contribution >= 0.6 is 11.8 Å². The maximum Gasteiger partial charge on any atom is 0.0166 e. The molecule has 0 aromatic carbocycles. The predicted octanol–water partition coefficient (Wildman–Crippen LogP) is 8.94. The Bertz CT molecular complexity index is 170. The number of thioether (sulfide) groups is 1. The number of hydrogen-bond donors (Lipinski definition) is 0. The van der Waals surface area contributed by atoms with E-state index in [1.54, 1.807) is 0 Å². The van der Waals surface area contributed by atoms with Crippen molar-refractivity contribution in [2.45, 2.75) is 129 Å². The van der Waals surface area contributed by atoms with E-state index in [9.17, 15) is 0 Å². The average molecular weight is 342 g/mol. The molecule has 0 atom stereocenters. The maximum absolute atomic E-state index is 2.46. The molecule has 23 heavy (non-hydrogen) atoms. The Kier molecular flexibility index (Phi) is 22.7. The van der Waals surface area contributed by atoms with Gasteiger partial charge in [0.15, 0.2) is 0 Å². The third-order valence-corrected chi connectivity index (χ3v) is 5.65. The Morgan fingerprint density at radius 1 is 0.478 bits per heavy atom. The Morgan fingerprint density at radius 3 is 1.35 bits per heavy atom. The summed E-state index contributed by atoms with van der Waals surface area (Å²) < 4.78 is 0. The molecule has 0 aliphatic carbocycles. The molecule has 0 fully saturated rings. The SMILES string of the molecule is CCCCCCCCCCCCCCC[CH]SCCCCCC. The largest absolute Gasteiger partial charge is 0.157 e. The molecular weight excluding hydrogens is 296 g/mol. The van der Waals surface area contributed by atoms with Crippen LogP contribution in [0.1, 0.15) is 129 Å². The van der Waals surface area contributed by atoms with Gasteiger partial charge in [0.2, 0.25) is 0 Å². The second-order valence-corrected chi connectivity index (χ2v) is 8.20. The summed E-state index contributed by atoms with van der Waals surface area (Å²) in [6.07, 6.45) is 25.9. The van der Waals surface area contributed by atoms with Crippen LogP contribution in [0, 0.1) is 5.75 Å². The van der Waals surface area contributed by atoms with Gasteiger partial charge in [-0.05, 0) is 18.6 Å². The third kappa shape index (κ3) is 22.4. The van der Waals surface area contributed by atoms with Crippen molar-refractivity contribution >= 4 is 11.8 Å². The normalized spacial score (nSPS) is 11.2. The lowest BCUT2D eigenvalue weighted by Gasteiger charge is -2.03. The van der Waals surface area contributed by atoms with Crippen LogP contribution in [0.25, 0.3) is 0 Å². The fraction of sp³-hybridized carbons (Fsp3) is 0.955. The van der Waals surface area contributed by atoms with Gasteiger partial charge in [-0.3, -0.25) is 0 Å². The van der Waals surface area contributed by atoms with Crippen LogP contribution in [0.4, 0.5) is 0 Å². The molecule has 0 aliphatic heterocycles. The van der Waals surface area contributed by atoms with Crippen LogP contribution in [0.15, 0.2) is 0 Å². The first-order valence-corrected chi connectivity index (χ1v) is 11.9. The van der Waals surface area contributed by atoms with Crippen molar-refractivity contribution in [1.82, 2.24) is 0 Å². The summed E-state index contributed by atoms with van der Waals surface area (Å²) >= 11 is 2.06. The summed E-state index contributed by atoms with van der Waals surface area (Å²) in [7, 11) is 0. The molecule has 0 saturated carbocycles. The van der Waals surface area contributed by atoms with E-state index in [0.717, 1.165) is 0 Å². The monoisotopic (exact) mass is 341 g/mol. The first kappa shape index (κ1) is 23.4. The average Bonchev–Trinajstić information content (AvgIpc) is 2.57. The quantitative estimate of drug-likeness (QED) is 0.199. The van der Waals surface area contributed by atoms with Crippen molar-refractivity contribution in [3.63, 3.8) is 0 Å². The summed E-state index contributed by atoms with van der Waals surface area (Å²) in [6, 6.07) is 0. The molecule has 0 aromatic rings. The first-order chi connectivity index (χ1) is 11.4. The van der Waals surface area contributed by atoms with Crippen LogP contribution in [0.2, 0.25) is 0 Å². The van der Waals surface area contributed by atoms with Crippen molar-refractivity contribution in [3.8, 4) is 0 Å². The van der Waals surface area contributed by atoms with Crippen molar-refractivity contribution in [1.29, 1.82) is 0 Å². The molecule has 0 heterocycles. The zero-order valence-corrected chi connectivity index (χ0v) is 17.2. The van der Waals surface area contributed by atoms with Crippen molar-refractivity contribution in [3.05, 3.63) is 5.75 Å². The lowest BCUT2D eigenvalue weighted by molar-refractivity contribution is 0.540. The summed E-state index contributed by atoms with van der Waals surface area (Å²) in [5.41, 5.74) is 0. The highest BCUT2D eigenvalue weighted by Gasteiger charge is 1.95. The van der Waals surface area contributed by atoms with E-state index in [-0.39, 0.29) is 0 Å². The summed E-state index contributed by atoms with van der Waals surface area (Å²) in [5.74, 6) is 3.81. The maximum atomic E-state index is 2.46. The molecule has 1 heteroatoms. The molecule has 0 spiro atoms. The second kappa shape index (κ2) is 22.4. The molecule has 0 aliphatic rings. The van der Waals surface area contributed by atoms with E-state index in [2.05, 4.69) is 31.4 Å². The van der Waals surface area contributed by atoms with Gasteiger partial charge in [-0.25, -0.2) is 0 Å². The fourth-order valence-electron chi connectivity index (χ4n) is 3.02. The van der Waals surface area contributed by atoms with Gasteiger partial charge in [0.1, 0.15) is 0 Å². The molecule has 0 rings (SSSR count). The Labute approximate surface area is 153 Å². The van der Waals surface area contributed by atoms with E-state index < -0.39 is 0 Å². The van der Waals surface area contributed by atoms with E-state index in [0.29, 0.717) is 0 Å². The van der Waals surface area contributed by atoms with Gasteiger partial charge in [0.25, 0.3) is 0 Å². The zero-order valence-electron chi connectivity index (χ0n) is 16.4. The molecule has 139 valence electrons. The van der Waals surface area contributed by atoms with E-state index >= 15 is 0 Å². The summed E-state index contributed by atoms with van der Waals surface area (Å²) in [5, 5.41) is 0. The zero-order chi connectivity index (χ0) is 16.8. The highest BCUT2D eigenvalue weighted by Crippen LogP contribution is 2.17. The molecule has 0 unspecified atom stereocenters. The van der Waals surface area contributed by atoms with Crippen LogP contribution in [-0.4, -0.2) is 5.75 Å². The summed E-state index contributed by atoms with van der Waals surface area (Å²) in [4.78, 5) is 0. The third-order valence-electron chi connectivity index (χ3n) is 4.66. The minimum absolute atomic E-state index is 1.33. The first-order valence-electron chi connectivity index (χ1n) is 10.8. The molecule has 0 amide bonds. The van der Waals surface area contributed by atoms with Crippen LogP contribution in [0.3, 0.4) is 0 Å². The lowest BCUT2D eigenvalue weighted by Crippen LogP contribution is -1.84. The van der Waals surface area contributed by atoms with E-state index in [4.69, 9.17) is 0 Å². The molecular formula is C22H45S. The van der Waals surface area contributed by atoms with Gasteiger partial charge in [0, 0.05) is 5.75 Å². The van der Waals surface area contributed by atoms with Gasteiger partial charge >= 0.3 is 0 Å². The standard InChI is InChI=1S/C22H45S/c1-3-5-7-9-10-11-12-13-14-15-16-17-18-20-22-23-21-19-8-6-4-2/h22H,3-21H2,1-2H3. The highest BCUT2D eigenvalue weighted by atomic mass is 32.2. The second-order valence-electron chi connectivity index (χ2n) is 7.13. The van der Waals surface area contributed by atoms with Gasteiger partial charge in [-0.15, -0.1) is 0 Å². The van der Waals surface area contributed by atoms with Gasteiger partial charge in [0.05, 0.1) is 0 Å². The van der Waals surface area contributed by atoms with Crippen molar-refractivity contribution < 1.29 is 0 Å². The van der Waals surface area contributed by atoms with E-state index in [1.807, 2.05) is 0 Å². The lowest BCUT2D eigenvalue weighted by atomic mass is 10.0. The number of rotatable bonds is 20. The molecule has 1 radical (unpaired) electrons. The molecule has 0 aromatic heterocycles. The minimum atomic E-state index is 1.33. The van der Waals surface area contributed by atoms with Gasteiger partial charge in [-0.2, -0.15) is 11.8 Å². The Hall–Kier alpha value is 0.350. The minimum Gasteiger partial charge on any atom is -0.157 e. The van der Waals surface area contributed by atoms with Crippen molar-refractivity contribution in [2.24, 2.45) is 0 Å². The molecule has 0 nitrogen and oxygen atoms in total.